The number of nitrogens with zero attached hydrogens (tertiary/aromatic N) is 6. The number of aromatic nitrogens is 2. The quantitative estimate of drug-likeness (QED) is 0.635. The lowest BCUT2D eigenvalue weighted by molar-refractivity contribution is 0.0173. The second-order valence-electron chi connectivity index (χ2n) is 7.97. The van der Waals surface area contributed by atoms with Crippen LogP contribution in [0.25, 0.3) is 0 Å². The van der Waals surface area contributed by atoms with Gasteiger partial charge in [0.1, 0.15) is 0 Å². The van der Waals surface area contributed by atoms with Crippen molar-refractivity contribution in [1.82, 2.24) is 29.6 Å². The SMILES string of the molecule is CCNC(=NCC1CN2CCN1CC2)N1CCC(C)C(n2ccnc2)C1. The van der Waals surface area contributed by atoms with Crippen molar-refractivity contribution >= 4 is 5.96 Å². The normalized spacial score (nSPS) is 34.9. The van der Waals surface area contributed by atoms with Gasteiger partial charge in [0, 0.05) is 70.8 Å². The summed E-state index contributed by atoms with van der Waals surface area (Å²) in [6, 6.07) is 1.05. The summed E-state index contributed by atoms with van der Waals surface area (Å²) < 4.78 is 2.26. The molecule has 1 aromatic rings. The Labute approximate surface area is 157 Å². The van der Waals surface area contributed by atoms with E-state index in [-0.39, 0.29) is 0 Å². The Morgan fingerprint density at radius 2 is 2.04 bits per heavy atom. The van der Waals surface area contributed by atoms with Crippen LogP contribution in [0.4, 0.5) is 0 Å². The van der Waals surface area contributed by atoms with Crippen LogP contribution in [-0.4, -0.2) is 95.2 Å². The number of nitrogens with one attached hydrogen (secondary N) is 1. The minimum Gasteiger partial charge on any atom is -0.357 e. The van der Waals surface area contributed by atoms with Crippen molar-refractivity contribution in [2.75, 3.05) is 58.9 Å². The molecule has 0 radical (unpaired) electrons. The molecule has 4 fully saturated rings. The molecule has 0 aromatic carbocycles. The number of hydrogen-bond donors (Lipinski definition) is 1. The van der Waals surface area contributed by atoms with Crippen LogP contribution in [0.5, 0.6) is 0 Å². The molecule has 144 valence electrons. The van der Waals surface area contributed by atoms with Crippen LogP contribution in [0.3, 0.4) is 0 Å². The number of fused-ring (bicyclic) bond motifs is 3. The van der Waals surface area contributed by atoms with E-state index in [1.165, 1.54) is 39.1 Å². The first-order valence-electron chi connectivity index (χ1n) is 10.2. The Morgan fingerprint density at radius 3 is 2.69 bits per heavy atom. The number of piperidine rings is 1. The van der Waals surface area contributed by atoms with Crippen molar-refractivity contribution in [3.8, 4) is 0 Å². The number of guanidine groups is 1. The van der Waals surface area contributed by atoms with Crippen molar-refractivity contribution < 1.29 is 0 Å². The molecule has 0 saturated carbocycles. The fraction of sp³-hybridized carbons (Fsp3) is 0.789. The van der Waals surface area contributed by atoms with E-state index in [0.717, 1.165) is 32.1 Å². The highest BCUT2D eigenvalue weighted by Crippen LogP contribution is 2.27. The van der Waals surface area contributed by atoms with E-state index < -0.39 is 0 Å². The Balaban J connectivity index is 1.43. The van der Waals surface area contributed by atoms with Crippen molar-refractivity contribution in [2.45, 2.75) is 32.4 Å². The first kappa shape index (κ1) is 17.8. The summed E-state index contributed by atoms with van der Waals surface area (Å²) in [6.07, 6.45) is 7.12. The fourth-order valence-corrected chi connectivity index (χ4v) is 4.61. The molecule has 1 N–H and O–H groups in total. The first-order valence-corrected chi connectivity index (χ1v) is 10.2. The molecule has 4 aliphatic rings. The molecule has 0 spiro atoms. The van der Waals surface area contributed by atoms with Gasteiger partial charge in [0.05, 0.1) is 18.9 Å². The molecule has 5 heterocycles. The minimum atomic E-state index is 0.468. The predicted molar refractivity (Wildman–Crippen MR) is 104 cm³/mol. The topological polar surface area (TPSA) is 51.9 Å². The van der Waals surface area contributed by atoms with Gasteiger partial charge in [-0.3, -0.25) is 14.8 Å². The number of rotatable bonds is 4. The zero-order chi connectivity index (χ0) is 17.9. The average Bonchev–Trinajstić information content (AvgIpc) is 3.21. The van der Waals surface area contributed by atoms with Crippen molar-refractivity contribution in [3.63, 3.8) is 0 Å². The zero-order valence-corrected chi connectivity index (χ0v) is 16.2. The average molecular weight is 360 g/mol. The molecule has 0 aliphatic carbocycles. The van der Waals surface area contributed by atoms with Gasteiger partial charge >= 0.3 is 0 Å². The highest BCUT2D eigenvalue weighted by Gasteiger charge is 2.32. The maximum absolute atomic E-state index is 5.06. The van der Waals surface area contributed by atoms with Crippen LogP contribution in [0.15, 0.2) is 23.7 Å². The number of piperazine rings is 3. The zero-order valence-electron chi connectivity index (χ0n) is 16.2. The van der Waals surface area contributed by atoms with Gasteiger partial charge in [0.15, 0.2) is 5.96 Å². The van der Waals surface area contributed by atoms with Gasteiger partial charge in [-0.15, -0.1) is 0 Å². The van der Waals surface area contributed by atoms with E-state index in [2.05, 4.69) is 49.6 Å². The number of imidazole rings is 1. The first-order chi connectivity index (χ1) is 12.7. The number of hydrogen-bond acceptors (Lipinski definition) is 4. The summed E-state index contributed by atoms with van der Waals surface area (Å²) in [5.74, 6) is 1.75. The molecule has 1 aromatic heterocycles. The predicted octanol–water partition coefficient (Wildman–Crippen LogP) is 0.731. The van der Waals surface area contributed by atoms with E-state index >= 15 is 0 Å². The maximum Gasteiger partial charge on any atom is 0.194 e. The van der Waals surface area contributed by atoms with E-state index in [4.69, 9.17) is 4.99 Å². The van der Waals surface area contributed by atoms with Gasteiger partial charge < -0.3 is 14.8 Å². The molecule has 7 heteroatoms. The second kappa shape index (κ2) is 7.96. The van der Waals surface area contributed by atoms with Gasteiger partial charge in [-0.2, -0.15) is 0 Å². The minimum absolute atomic E-state index is 0.468. The summed E-state index contributed by atoms with van der Waals surface area (Å²) in [5.41, 5.74) is 0. The van der Waals surface area contributed by atoms with Gasteiger partial charge in [-0.1, -0.05) is 6.92 Å². The van der Waals surface area contributed by atoms with Crippen molar-refractivity contribution in [1.29, 1.82) is 0 Å². The molecule has 4 saturated heterocycles. The summed E-state index contributed by atoms with van der Waals surface area (Å²) in [4.78, 5) is 17.0. The second-order valence-corrected chi connectivity index (χ2v) is 7.97. The van der Waals surface area contributed by atoms with Gasteiger partial charge in [0.25, 0.3) is 0 Å². The Bertz CT molecular complexity index is 591. The van der Waals surface area contributed by atoms with Crippen LogP contribution in [0, 0.1) is 5.92 Å². The molecule has 2 bridgehead atoms. The van der Waals surface area contributed by atoms with Gasteiger partial charge in [0.2, 0.25) is 0 Å². The third kappa shape index (κ3) is 3.74. The molecule has 26 heavy (non-hydrogen) atoms. The molecular formula is C19H33N7. The smallest absolute Gasteiger partial charge is 0.194 e. The summed E-state index contributed by atoms with van der Waals surface area (Å²) in [6.45, 7) is 14.5. The summed E-state index contributed by atoms with van der Waals surface area (Å²) in [7, 11) is 0. The lowest BCUT2D eigenvalue weighted by atomic mass is 9.93. The fourth-order valence-electron chi connectivity index (χ4n) is 4.61. The van der Waals surface area contributed by atoms with Crippen molar-refractivity contribution in [2.24, 2.45) is 10.9 Å². The Hall–Kier alpha value is -1.60. The Kier molecular flexibility index (Phi) is 5.45. The van der Waals surface area contributed by atoms with Crippen LogP contribution in [0.2, 0.25) is 0 Å². The van der Waals surface area contributed by atoms with Gasteiger partial charge in [-0.05, 0) is 19.3 Å². The maximum atomic E-state index is 5.06. The highest BCUT2D eigenvalue weighted by atomic mass is 15.4. The molecule has 3 atom stereocenters. The largest absolute Gasteiger partial charge is 0.357 e. The third-order valence-corrected chi connectivity index (χ3v) is 6.30. The standard InChI is InChI=1S/C19H33N7/c1-3-21-19(22-12-17-13-23-8-10-24(17)11-9-23)25-6-4-16(2)18(14-25)26-7-5-20-15-26/h5,7,15-18H,3-4,6,8-14H2,1-2H3,(H,21,22). The summed E-state index contributed by atoms with van der Waals surface area (Å²) >= 11 is 0. The third-order valence-electron chi connectivity index (χ3n) is 6.30. The number of likely N-dealkylation sites (tertiary alicyclic amines) is 1. The molecule has 7 nitrogen and oxygen atoms in total. The lowest BCUT2D eigenvalue weighted by Gasteiger charge is -2.47. The molecule has 4 aliphatic heterocycles. The van der Waals surface area contributed by atoms with Crippen LogP contribution < -0.4 is 5.32 Å². The lowest BCUT2D eigenvalue weighted by Crippen LogP contribution is -2.62. The molecule has 0 amide bonds. The van der Waals surface area contributed by atoms with Gasteiger partial charge in [-0.25, -0.2) is 4.98 Å². The number of aliphatic imine (C=N–C) groups is 1. The van der Waals surface area contributed by atoms with E-state index in [1.807, 2.05) is 12.5 Å². The van der Waals surface area contributed by atoms with Crippen LogP contribution in [0.1, 0.15) is 26.3 Å². The molecular weight excluding hydrogens is 326 g/mol. The molecule has 5 rings (SSSR count). The Morgan fingerprint density at radius 1 is 1.19 bits per heavy atom. The highest BCUT2D eigenvalue weighted by molar-refractivity contribution is 5.80. The van der Waals surface area contributed by atoms with E-state index in [1.54, 1.807) is 0 Å². The van der Waals surface area contributed by atoms with Crippen molar-refractivity contribution in [3.05, 3.63) is 18.7 Å². The molecule has 3 unspecified atom stereocenters. The van der Waals surface area contributed by atoms with Crippen LogP contribution in [-0.2, 0) is 0 Å². The van der Waals surface area contributed by atoms with Crippen LogP contribution >= 0.6 is 0 Å². The monoisotopic (exact) mass is 359 g/mol. The van der Waals surface area contributed by atoms with E-state index in [0.29, 0.717) is 18.0 Å². The van der Waals surface area contributed by atoms with E-state index in [9.17, 15) is 0 Å². The summed E-state index contributed by atoms with van der Waals surface area (Å²) in [5, 5.41) is 3.54.